The minimum absolute atomic E-state index is 0.712. The Morgan fingerprint density at radius 3 is 1.64 bits per heavy atom. The van der Waals surface area contributed by atoms with Crippen LogP contribution in [0.3, 0.4) is 0 Å². The van der Waals surface area contributed by atoms with Crippen molar-refractivity contribution >= 4 is 65.2 Å². The summed E-state index contributed by atoms with van der Waals surface area (Å²) in [6, 6.07) is 73.8. The summed E-state index contributed by atoms with van der Waals surface area (Å²) < 4.78 is 4.89. The van der Waals surface area contributed by atoms with E-state index in [4.69, 9.17) is 9.97 Å². The smallest absolute Gasteiger partial charge is 0.160 e. The standard InChI is InChI=1S/C54H34N4/c1-3-15-36(16-4-1)45-34-46(56-54(55-45)37-17-5-2-6-18-37)40-27-29-42-39(32-40)20-13-25-47(42)58-49-24-12-10-22-44(49)53-51(58)31-30-50-52(53)43-21-9-11-23-48(43)57(50)41-28-26-35-14-7-8-19-38(35)33-41/h1-34H. The molecule has 58 heavy (non-hydrogen) atoms. The van der Waals surface area contributed by atoms with Gasteiger partial charge >= 0.3 is 0 Å². The molecule has 0 spiro atoms. The first-order valence-electron chi connectivity index (χ1n) is 19.7. The van der Waals surface area contributed by atoms with E-state index in [1.165, 1.54) is 59.8 Å². The summed E-state index contributed by atoms with van der Waals surface area (Å²) in [5.74, 6) is 0.712. The summed E-state index contributed by atoms with van der Waals surface area (Å²) in [5, 5.41) is 9.81. The van der Waals surface area contributed by atoms with E-state index < -0.39 is 0 Å². The number of fused-ring (bicyclic) bond motifs is 9. The third-order valence-corrected chi connectivity index (χ3v) is 11.7. The average molecular weight is 739 g/mol. The maximum Gasteiger partial charge on any atom is 0.160 e. The quantitative estimate of drug-likeness (QED) is 0.176. The van der Waals surface area contributed by atoms with Gasteiger partial charge in [-0.15, -0.1) is 0 Å². The fourth-order valence-electron chi connectivity index (χ4n) is 9.06. The lowest BCUT2D eigenvalue weighted by Gasteiger charge is -2.14. The van der Waals surface area contributed by atoms with E-state index in [-0.39, 0.29) is 0 Å². The summed E-state index contributed by atoms with van der Waals surface area (Å²) in [6.07, 6.45) is 0. The average Bonchev–Trinajstić information content (AvgIpc) is 3.82. The molecule has 0 saturated heterocycles. The molecule has 0 unspecified atom stereocenters. The molecule has 0 amide bonds. The first-order chi connectivity index (χ1) is 28.8. The molecule has 270 valence electrons. The molecule has 3 heterocycles. The first kappa shape index (κ1) is 32.4. The van der Waals surface area contributed by atoms with Crippen molar-refractivity contribution in [3.8, 4) is 45.3 Å². The molecule has 0 bridgehead atoms. The van der Waals surface area contributed by atoms with Gasteiger partial charge in [0.1, 0.15) is 0 Å². The summed E-state index contributed by atoms with van der Waals surface area (Å²) in [5.41, 5.74) is 12.0. The Kier molecular flexibility index (Phi) is 7.20. The lowest BCUT2D eigenvalue weighted by Crippen LogP contribution is -1.97. The fraction of sp³-hybridized carbons (Fsp3) is 0. The minimum Gasteiger partial charge on any atom is -0.309 e. The van der Waals surface area contributed by atoms with E-state index in [1.54, 1.807) is 0 Å². The van der Waals surface area contributed by atoms with E-state index >= 15 is 0 Å². The van der Waals surface area contributed by atoms with Gasteiger partial charge in [0, 0.05) is 49.3 Å². The molecule has 12 rings (SSSR count). The van der Waals surface area contributed by atoms with Crippen molar-refractivity contribution in [3.63, 3.8) is 0 Å². The maximum absolute atomic E-state index is 5.13. The van der Waals surface area contributed by atoms with E-state index in [1.807, 2.05) is 24.3 Å². The number of hydrogen-bond acceptors (Lipinski definition) is 2. The van der Waals surface area contributed by atoms with Crippen LogP contribution in [0.1, 0.15) is 0 Å². The van der Waals surface area contributed by atoms with Crippen LogP contribution in [-0.2, 0) is 0 Å². The summed E-state index contributed by atoms with van der Waals surface area (Å²) >= 11 is 0. The second kappa shape index (κ2) is 12.9. The molecule has 9 aromatic carbocycles. The number of benzene rings is 9. The van der Waals surface area contributed by atoms with Crippen molar-refractivity contribution in [2.75, 3.05) is 0 Å². The van der Waals surface area contributed by atoms with Crippen molar-refractivity contribution < 1.29 is 0 Å². The van der Waals surface area contributed by atoms with Gasteiger partial charge < -0.3 is 9.13 Å². The molecule has 3 aromatic heterocycles. The summed E-state index contributed by atoms with van der Waals surface area (Å²) in [6.45, 7) is 0. The van der Waals surface area contributed by atoms with Crippen molar-refractivity contribution in [1.29, 1.82) is 0 Å². The van der Waals surface area contributed by atoms with Crippen LogP contribution in [0, 0.1) is 0 Å². The number of hydrogen-bond donors (Lipinski definition) is 0. The van der Waals surface area contributed by atoms with Crippen LogP contribution in [0.5, 0.6) is 0 Å². The zero-order chi connectivity index (χ0) is 38.2. The summed E-state index contributed by atoms with van der Waals surface area (Å²) in [4.78, 5) is 10.2. The van der Waals surface area contributed by atoms with Gasteiger partial charge in [0.15, 0.2) is 5.82 Å². The lowest BCUT2D eigenvalue weighted by molar-refractivity contribution is 1.18. The van der Waals surface area contributed by atoms with Gasteiger partial charge in [0.05, 0.1) is 39.1 Å². The molecule has 0 radical (unpaired) electrons. The summed E-state index contributed by atoms with van der Waals surface area (Å²) in [7, 11) is 0. The number of para-hydroxylation sites is 2. The van der Waals surface area contributed by atoms with Crippen molar-refractivity contribution in [3.05, 3.63) is 206 Å². The Morgan fingerprint density at radius 2 is 0.897 bits per heavy atom. The predicted octanol–water partition coefficient (Wildman–Crippen LogP) is 14.0. The van der Waals surface area contributed by atoms with Gasteiger partial charge in [-0.2, -0.15) is 0 Å². The van der Waals surface area contributed by atoms with Crippen molar-refractivity contribution in [1.82, 2.24) is 19.1 Å². The van der Waals surface area contributed by atoms with Crippen LogP contribution in [0.15, 0.2) is 206 Å². The molecular weight excluding hydrogens is 705 g/mol. The third kappa shape index (κ3) is 5.02. The van der Waals surface area contributed by atoms with Crippen molar-refractivity contribution in [2.24, 2.45) is 0 Å². The number of nitrogens with zero attached hydrogens (tertiary/aromatic N) is 4. The molecule has 0 N–H and O–H groups in total. The second-order valence-electron chi connectivity index (χ2n) is 15.0. The first-order valence-corrected chi connectivity index (χ1v) is 19.7. The van der Waals surface area contributed by atoms with Crippen LogP contribution in [0.2, 0.25) is 0 Å². The predicted molar refractivity (Wildman–Crippen MR) is 242 cm³/mol. The van der Waals surface area contributed by atoms with Crippen LogP contribution in [-0.4, -0.2) is 19.1 Å². The van der Waals surface area contributed by atoms with Crippen LogP contribution >= 0.6 is 0 Å². The molecule has 0 aliphatic carbocycles. The molecular formula is C54H34N4. The van der Waals surface area contributed by atoms with Crippen LogP contribution in [0.4, 0.5) is 0 Å². The van der Waals surface area contributed by atoms with E-state index in [0.717, 1.165) is 44.8 Å². The highest BCUT2D eigenvalue weighted by atomic mass is 15.0. The maximum atomic E-state index is 5.13. The monoisotopic (exact) mass is 738 g/mol. The van der Waals surface area contributed by atoms with E-state index in [2.05, 4.69) is 191 Å². The van der Waals surface area contributed by atoms with E-state index in [0.29, 0.717) is 5.82 Å². The van der Waals surface area contributed by atoms with Gasteiger partial charge in [-0.3, -0.25) is 0 Å². The molecule has 0 fully saturated rings. The largest absolute Gasteiger partial charge is 0.309 e. The minimum atomic E-state index is 0.712. The SMILES string of the molecule is c1ccc(-c2cc(-c3ccc4c(-n5c6ccccc6c6c7c8ccccc8n(-c8ccc9ccccc9c8)c7ccc65)cccc4c3)nc(-c3ccccc3)n2)cc1. The van der Waals surface area contributed by atoms with Gasteiger partial charge in [0.25, 0.3) is 0 Å². The highest BCUT2D eigenvalue weighted by molar-refractivity contribution is 6.29. The second-order valence-corrected chi connectivity index (χ2v) is 15.0. The molecule has 0 saturated carbocycles. The highest BCUT2D eigenvalue weighted by Gasteiger charge is 2.21. The molecule has 4 heteroatoms. The van der Waals surface area contributed by atoms with Gasteiger partial charge in [0.2, 0.25) is 0 Å². The Morgan fingerprint density at radius 1 is 0.310 bits per heavy atom. The molecule has 0 aliphatic rings. The topological polar surface area (TPSA) is 35.6 Å². The van der Waals surface area contributed by atoms with E-state index in [9.17, 15) is 0 Å². The third-order valence-electron chi connectivity index (χ3n) is 11.7. The Balaban J connectivity index is 1.07. The van der Waals surface area contributed by atoms with Gasteiger partial charge in [-0.1, -0.05) is 152 Å². The zero-order valence-electron chi connectivity index (χ0n) is 31.4. The lowest BCUT2D eigenvalue weighted by atomic mass is 10.0. The Bertz CT molecular complexity index is 3500. The Labute approximate surface area is 334 Å². The normalized spacial score (nSPS) is 11.8. The van der Waals surface area contributed by atoms with Gasteiger partial charge in [-0.05, 0) is 70.8 Å². The number of rotatable bonds is 5. The molecule has 0 aliphatic heterocycles. The van der Waals surface area contributed by atoms with Gasteiger partial charge in [-0.25, -0.2) is 9.97 Å². The van der Waals surface area contributed by atoms with Crippen LogP contribution < -0.4 is 0 Å². The van der Waals surface area contributed by atoms with Crippen molar-refractivity contribution in [2.45, 2.75) is 0 Å². The zero-order valence-corrected chi connectivity index (χ0v) is 31.4. The Hall–Kier alpha value is -7.82. The molecule has 4 nitrogen and oxygen atoms in total. The van der Waals surface area contributed by atoms with Crippen LogP contribution in [0.25, 0.3) is 110 Å². The number of aromatic nitrogens is 4. The molecule has 0 atom stereocenters. The molecule has 12 aromatic rings. The highest BCUT2D eigenvalue weighted by Crippen LogP contribution is 2.43. The fourth-order valence-corrected chi connectivity index (χ4v) is 9.06.